The number of halogens is 1. The summed E-state index contributed by atoms with van der Waals surface area (Å²) in [5, 5.41) is 0.446. The molecule has 13 heavy (non-hydrogen) atoms. The maximum atomic E-state index is 5.73. The van der Waals surface area contributed by atoms with Crippen LogP contribution in [-0.2, 0) is 0 Å². The first kappa shape index (κ1) is 8.13. The van der Waals surface area contributed by atoms with Crippen molar-refractivity contribution in [3.05, 3.63) is 41.9 Å². The Balaban J connectivity index is 2.48. The average Bonchev–Trinajstić information content (AvgIpc) is 2.19. The molecule has 0 N–H and O–H groups in total. The van der Waals surface area contributed by atoms with E-state index in [0.29, 0.717) is 11.0 Å². The van der Waals surface area contributed by atoms with E-state index < -0.39 is 0 Å². The summed E-state index contributed by atoms with van der Waals surface area (Å²) in [6.45, 7) is 0. The lowest BCUT2D eigenvalue weighted by Gasteiger charge is -1.97. The second kappa shape index (κ2) is 3.49. The van der Waals surface area contributed by atoms with Crippen LogP contribution in [0.2, 0.25) is 5.15 Å². The highest BCUT2D eigenvalue weighted by molar-refractivity contribution is 6.29. The van der Waals surface area contributed by atoms with Gasteiger partial charge in [-0.15, -0.1) is 0 Å². The van der Waals surface area contributed by atoms with Gasteiger partial charge in [0.1, 0.15) is 5.15 Å². The Hall–Kier alpha value is -1.48. The van der Waals surface area contributed by atoms with Crippen molar-refractivity contribution in [1.82, 2.24) is 15.0 Å². The SMILES string of the molecule is Clc1ccnc(-c2ccncc2)n1. The molecule has 0 aliphatic heterocycles. The van der Waals surface area contributed by atoms with E-state index in [0.717, 1.165) is 5.56 Å². The van der Waals surface area contributed by atoms with Crippen molar-refractivity contribution in [3.63, 3.8) is 0 Å². The summed E-state index contributed by atoms with van der Waals surface area (Å²) in [7, 11) is 0. The van der Waals surface area contributed by atoms with Gasteiger partial charge < -0.3 is 0 Å². The number of rotatable bonds is 1. The lowest BCUT2D eigenvalue weighted by atomic mass is 10.2. The van der Waals surface area contributed by atoms with E-state index in [-0.39, 0.29) is 0 Å². The monoisotopic (exact) mass is 191 g/mol. The summed E-state index contributed by atoms with van der Waals surface area (Å²) >= 11 is 5.73. The van der Waals surface area contributed by atoms with Crippen molar-refractivity contribution in [2.75, 3.05) is 0 Å². The van der Waals surface area contributed by atoms with Gasteiger partial charge in [0, 0.05) is 24.2 Å². The first-order valence-electron chi connectivity index (χ1n) is 3.75. The third-order valence-electron chi connectivity index (χ3n) is 1.56. The molecule has 2 rings (SSSR count). The highest BCUT2D eigenvalue weighted by atomic mass is 35.5. The zero-order valence-electron chi connectivity index (χ0n) is 6.68. The minimum Gasteiger partial charge on any atom is -0.265 e. The minimum atomic E-state index is 0.446. The zero-order valence-corrected chi connectivity index (χ0v) is 7.44. The maximum Gasteiger partial charge on any atom is 0.160 e. The lowest BCUT2D eigenvalue weighted by Crippen LogP contribution is -1.87. The third kappa shape index (κ3) is 1.81. The molecule has 0 bridgehead atoms. The predicted molar refractivity (Wildman–Crippen MR) is 50.3 cm³/mol. The van der Waals surface area contributed by atoms with Crippen LogP contribution in [0.5, 0.6) is 0 Å². The number of pyridine rings is 1. The van der Waals surface area contributed by atoms with Crippen molar-refractivity contribution < 1.29 is 0 Å². The molecular formula is C9H6ClN3. The molecule has 4 heteroatoms. The van der Waals surface area contributed by atoms with E-state index in [1.165, 1.54) is 0 Å². The number of hydrogen-bond donors (Lipinski definition) is 0. The van der Waals surface area contributed by atoms with Gasteiger partial charge >= 0.3 is 0 Å². The van der Waals surface area contributed by atoms with E-state index in [4.69, 9.17) is 11.6 Å². The molecule has 0 spiro atoms. The van der Waals surface area contributed by atoms with Gasteiger partial charge in [-0.05, 0) is 18.2 Å². The first-order valence-corrected chi connectivity index (χ1v) is 4.13. The molecule has 0 atom stereocenters. The lowest BCUT2D eigenvalue weighted by molar-refractivity contribution is 1.17. The van der Waals surface area contributed by atoms with E-state index in [2.05, 4.69) is 15.0 Å². The van der Waals surface area contributed by atoms with Gasteiger partial charge in [-0.25, -0.2) is 9.97 Å². The van der Waals surface area contributed by atoms with E-state index in [1.807, 2.05) is 12.1 Å². The number of aromatic nitrogens is 3. The topological polar surface area (TPSA) is 38.7 Å². The second-order valence-corrected chi connectivity index (χ2v) is 2.83. The average molecular weight is 192 g/mol. The maximum absolute atomic E-state index is 5.73. The van der Waals surface area contributed by atoms with Crippen molar-refractivity contribution in [1.29, 1.82) is 0 Å². The summed E-state index contributed by atoms with van der Waals surface area (Å²) in [5.74, 6) is 0.620. The standard InChI is InChI=1S/C9H6ClN3/c10-8-3-6-12-9(13-8)7-1-4-11-5-2-7/h1-6H. The molecule has 0 unspecified atom stereocenters. The molecular weight excluding hydrogens is 186 g/mol. The van der Waals surface area contributed by atoms with Crippen molar-refractivity contribution in [2.45, 2.75) is 0 Å². The van der Waals surface area contributed by atoms with Gasteiger partial charge in [-0.2, -0.15) is 0 Å². The summed E-state index contributed by atoms with van der Waals surface area (Å²) in [4.78, 5) is 12.1. The van der Waals surface area contributed by atoms with Crippen LogP contribution >= 0.6 is 11.6 Å². The van der Waals surface area contributed by atoms with Crippen molar-refractivity contribution in [2.24, 2.45) is 0 Å². The van der Waals surface area contributed by atoms with Crippen LogP contribution in [0.25, 0.3) is 11.4 Å². The molecule has 0 fully saturated rings. The van der Waals surface area contributed by atoms with Gasteiger partial charge in [0.25, 0.3) is 0 Å². The van der Waals surface area contributed by atoms with Crippen LogP contribution in [-0.4, -0.2) is 15.0 Å². The van der Waals surface area contributed by atoms with Gasteiger partial charge in [0.2, 0.25) is 0 Å². The molecule has 3 nitrogen and oxygen atoms in total. The zero-order chi connectivity index (χ0) is 9.10. The molecule has 2 heterocycles. The fourth-order valence-corrected chi connectivity index (χ4v) is 1.11. The second-order valence-electron chi connectivity index (χ2n) is 2.44. The van der Waals surface area contributed by atoms with Crippen LogP contribution in [0.1, 0.15) is 0 Å². The van der Waals surface area contributed by atoms with Crippen LogP contribution in [0.15, 0.2) is 36.8 Å². The predicted octanol–water partition coefficient (Wildman–Crippen LogP) is 2.19. The van der Waals surface area contributed by atoms with Gasteiger partial charge in [-0.3, -0.25) is 4.98 Å². The van der Waals surface area contributed by atoms with Crippen LogP contribution in [0, 0.1) is 0 Å². The summed E-state index contributed by atoms with van der Waals surface area (Å²) < 4.78 is 0. The number of nitrogens with zero attached hydrogens (tertiary/aromatic N) is 3. The van der Waals surface area contributed by atoms with E-state index >= 15 is 0 Å². The highest BCUT2D eigenvalue weighted by Crippen LogP contribution is 2.14. The fraction of sp³-hybridized carbons (Fsp3) is 0. The summed E-state index contributed by atoms with van der Waals surface area (Å²) in [6, 6.07) is 5.32. The van der Waals surface area contributed by atoms with Crippen LogP contribution in [0.3, 0.4) is 0 Å². The van der Waals surface area contributed by atoms with Crippen molar-refractivity contribution >= 4 is 11.6 Å². The molecule has 0 aliphatic carbocycles. The first-order chi connectivity index (χ1) is 6.36. The van der Waals surface area contributed by atoms with Gasteiger partial charge in [0.15, 0.2) is 5.82 Å². The van der Waals surface area contributed by atoms with Gasteiger partial charge in [-0.1, -0.05) is 11.6 Å². The Kier molecular flexibility index (Phi) is 2.19. The molecule has 64 valence electrons. The third-order valence-corrected chi connectivity index (χ3v) is 1.77. The molecule has 2 aromatic heterocycles. The van der Waals surface area contributed by atoms with Crippen molar-refractivity contribution in [3.8, 4) is 11.4 Å². The number of hydrogen-bond acceptors (Lipinski definition) is 3. The largest absolute Gasteiger partial charge is 0.265 e. The molecule has 0 saturated carbocycles. The molecule has 0 aromatic carbocycles. The highest BCUT2D eigenvalue weighted by Gasteiger charge is 1.99. The quantitative estimate of drug-likeness (QED) is 0.649. The molecule has 0 amide bonds. The summed E-state index contributed by atoms with van der Waals surface area (Å²) in [5.41, 5.74) is 0.914. The van der Waals surface area contributed by atoms with Crippen LogP contribution < -0.4 is 0 Å². The Morgan fingerprint density at radius 2 is 1.77 bits per heavy atom. The van der Waals surface area contributed by atoms with E-state index in [1.54, 1.807) is 24.7 Å². The summed E-state index contributed by atoms with van der Waals surface area (Å²) in [6.07, 6.45) is 5.02. The normalized spacial score (nSPS) is 9.92. The minimum absolute atomic E-state index is 0.446. The molecule has 0 aliphatic rings. The molecule has 0 radical (unpaired) electrons. The smallest absolute Gasteiger partial charge is 0.160 e. The Morgan fingerprint density at radius 3 is 2.46 bits per heavy atom. The van der Waals surface area contributed by atoms with E-state index in [9.17, 15) is 0 Å². The van der Waals surface area contributed by atoms with Gasteiger partial charge in [0.05, 0.1) is 0 Å². The Morgan fingerprint density at radius 1 is 1.00 bits per heavy atom. The Bertz CT molecular complexity index is 403. The van der Waals surface area contributed by atoms with Crippen LogP contribution in [0.4, 0.5) is 0 Å². The Labute approximate surface area is 80.5 Å². The fourth-order valence-electron chi connectivity index (χ4n) is 0.977. The molecule has 0 saturated heterocycles. The molecule has 2 aromatic rings.